The van der Waals surface area contributed by atoms with E-state index in [-0.39, 0.29) is 30.4 Å². The van der Waals surface area contributed by atoms with Gasteiger partial charge in [0.1, 0.15) is 5.56 Å². The van der Waals surface area contributed by atoms with E-state index in [9.17, 15) is 19.5 Å². The predicted octanol–water partition coefficient (Wildman–Crippen LogP) is -0.273. The minimum atomic E-state index is -0.888. The number of hydrogen-bond acceptors (Lipinski definition) is 7. The van der Waals surface area contributed by atoms with Crippen molar-refractivity contribution in [3.8, 4) is 5.75 Å². The third-order valence-electron chi connectivity index (χ3n) is 5.43. The molecule has 2 aliphatic heterocycles. The first-order valence-electron chi connectivity index (χ1n) is 9.40. The fraction of sp³-hybridized carbons (Fsp3) is 0.316. The molecule has 1 saturated heterocycles. The van der Waals surface area contributed by atoms with E-state index in [0.29, 0.717) is 17.9 Å². The van der Waals surface area contributed by atoms with E-state index in [1.807, 2.05) is 6.92 Å². The third kappa shape index (κ3) is 2.66. The molecule has 0 aliphatic carbocycles. The Labute approximate surface area is 169 Å². The maximum atomic E-state index is 12.8. The average Bonchev–Trinajstić information content (AvgIpc) is 3.32. The number of rotatable bonds is 3. The molecular formula is C19H18N6O5. The molecule has 2 aliphatic rings. The molecule has 0 bridgehead atoms. The van der Waals surface area contributed by atoms with Gasteiger partial charge >= 0.3 is 0 Å². The van der Waals surface area contributed by atoms with E-state index in [0.717, 1.165) is 0 Å². The van der Waals surface area contributed by atoms with E-state index in [1.165, 1.54) is 15.7 Å². The molecule has 5 rings (SSSR count). The van der Waals surface area contributed by atoms with Crippen LogP contribution in [0.25, 0.3) is 5.65 Å². The Hall–Kier alpha value is -3.73. The highest BCUT2D eigenvalue weighted by molar-refractivity contribution is 5.99. The highest BCUT2D eigenvalue weighted by Crippen LogP contribution is 2.29. The van der Waals surface area contributed by atoms with Crippen LogP contribution in [0.1, 0.15) is 33.5 Å². The number of carbonyl (C=O) groups is 2. The monoisotopic (exact) mass is 410 g/mol. The van der Waals surface area contributed by atoms with Gasteiger partial charge in [-0.3, -0.25) is 23.8 Å². The maximum Gasteiger partial charge on any atom is 0.276 e. The minimum absolute atomic E-state index is 0.113. The van der Waals surface area contributed by atoms with Crippen molar-refractivity contribution in [1.82, 2.24) is 29.2 Å². The normalized spacial score (nSPS) is 20.3. The van der Waals surface area contributed by atoms with Crippen LogP contribution in [-0.2, 0) is 17.8 Å². The molecule has 11 nitrogen and oxygen atoms in total. The van der Waals surface area contributed by atoms with Crippen LogP contribution in [0.2, 0.25) is 0 Å². The Morgan fingerprint density at radius 2 is 2.20 bits per heavy atom. The van der Waals surface area contributed by atoms with Crippen molar-refractivity contribution in [2.75, 3.05) is 6.61 Å². The number of ether oxygens (including phenoxy) is 1. The fourth-order valence-electron chi connectivity index (χ4n) is 3.93. The van der Waals surface area contributed by atoms with Crippen LogP contribution in [-0.4, -0.2) is 59.6 Å². The molecule has 0 aromatic carbocycles. The first-order valence-corrected chi connectivity index (χ1v) is 9.40. The smallest absolute Gasteiger partial charge is 0.276 e. The Morgan fingerprint density at radius 1 is 1.37 bits per heavy atom. The highest BCUT2D eigenvalue weighted by Gasteiger charge is 2.42. The van der Waals surface area contributed by atoms with Gasteiger partial charge in [-0.15, -0.1) is 0 Å². The Kier molecular flexibility index (Phi) is 4.07. The first kappa shape index (κ1) is 18.3. The molecule has 30 heavy (non-hydrogen) atoms. The van der Waals surface area contributed by atoms with Crippen LogP contribution in [0.3, 0.4) is 0 Å². The molecule has 0 spiro atoms. The lowest BCUT2D eigenvalue weighted by atomic mass is 10.1. The summed E-state index contributed by atoms with van der Waals surface area (Å²) >= 11 is 0. The van der Waals surface area contributed by atoms with Crippen LogP contribution in [0.15, 0.2) is 35.8 Å². The molecule has 1 fully saturated rings. The van der Waals surface area contributed by atoms with Gasteiger partial charge in [0.2, 0.25) is 5.43 Å². The average molecular weight is 410 g/mol. The van der Waals surface area contributed by atoms with Gasteiger partial charge in [0.25, 0.3) is 11.8 Å². The highest BCUT2D eigenvalue weighted by atomic mass is 16.5. The van der Waals surface area contributed by atoms with Gasteiger partial charge in [-0.1, -0.05) is 0 Å². The summed E-state index contributed by atoms with van der Waals surface area (Å²) in [6.07, 6.45) is 7.30. The SMILES string of the molecule is C[C@H]1CO[C@@H]2Cn3cc(C(=O)NCc4cnc5cnccn45)c(=O)c(O)c3C(=O)N12. The first-order chi connectivity index (χ1) is 14.5. The molecule has 2 N–H and O–H groups in total. The number of imidazole rings is 1. The zero-order valence-corrected chi connectivity index (χ0v) is 16.0. The number of carbonyl (C=O) groups excluding carboxylic acids is 2. The molecule has 11 heteroatoms. The largest absolute Gasteiger partial charge is 0.503 e. The van der Waals surface area contributed by atoms with Crippen molar-refractivity contribution in [1.29, 1.82) is 0 Å². The molecule has 3 aromatic heterocycles. The van der Waals surface area contributed by atoms with E-state index in [1.54, 1.807) is 29.2 Å². The lowest BCUT2D eigenvalue weighted by molar-refractivity contribution is 0.00624. The summed E-state index contributed by atoms with van der Waals surface area (Å²) in [7, 11) is 0. The van der Waals surface area contributed by atoms with Crippen molar-refractivity contribution in [3.05, 3.63) is 58.2 Å². The van der Waals surface area contributed by atoms with Gasteiger partial charge in [-0.25, -0.2) is 4.98 Å². The number of nitrogens with zero attached hydrogens (tertiary/aromatic N) is 5. The Morgan fingerprint density at radius 3 is 3.03 bits per heavy atom. The third-order valence-corrected chi connectivity index (χ3v) is 5.43. The summed E-state index contributed by atoms with van der Waals surface area (Å²) in [5.41, 5.74) is 0.0587. The van der Waals surface area contributed by atoms with Gasteiger partial charge in [0.05, 0.1) is 43.8 Å². The predicted molar refractivity (Wildman–Crippen MR) is 102 cm³/mol. The van der Waals surface area contributed by atoms with E-state index in [4.69, 9.17) is 4.74 Å². The lowest BCUT2D eigenvalue weighted by Crippen LogP contribution is -2.49. The summed E-state index contributed by atoms with van der Waals surface area (Å²) in [6.45, 7) is 2.54. The number of aromatic nitrogens is 4. The number of amides is 2. The van der Waals surface area contributed by atoms with Gasteiger partial charge in [0, 0.05) is 18.6 Å². The van der Waals surface area contributed by atoms with Crippen molar-refractivity contribution >= 4 is 17.5 Å². The molecule has 0 radical (unpaired) electrons. The van der Waals surface area contributed by atoms with Crippen LogP contribution in [0.4, 0.5) is 0 Å². The second kappa shape index (κ2) is 6.66. The molecule has 5 heterocycles. The Bertz CT molecular complexity index is 1250. The summed E-state index contributed by atoms with van der Waals surface area (Å²) in [5, 5.41) is 13.1. The summed E-state index contributed by atoms with van der Waals surface area (Å²) in [4.78, 5) is 47.8. The van der Waals surface area contributed by atoms with Crippen molar-refractivity contribution < 1.29 is 19.4 Å². The van der Waals surface area contributed by atoms with E-state index < -0.39 is 29.2 Å². The van der Waals surface area contributed by atoms with Crippen LogP contribution in [0.5, 0.6) is 5.75 Å². The topological polar surface area (TPSA) is 131 Å². The number of hydrogen-bond donors (Lipinski definition) is 2. The van der Waals surface area contributed by atoms with Gasteiger partial charge < -0.3 is 24.6 Å². The fourth-order valence-corrected chi connectivity index (χ4v) is 3.93. The van der Waals surface area contributed by atoms with Crippen LogP contribution < -0.4 is 10.7 Å². The lowest BCUT2D eigenvalue weighted by Gasteiger charge is -2.33. The zero-order valence-electron chi connectivity index (χ0n) is 16.0. The van der Waals surface area contributed by atoms with Crippen molar-refractivity contribution in [2.24, 2.45) is 0 Å². The van der Waals surface area contributed by atoms with Gasteiger partial charge in [-0.2, -0.15) is 0 Å². The van der Waals surface area contributed by atoms with Crippen molar-refractivity contribution in [2.45, 2.75) is 32.3 Å². The van der Waals surface area contributed by atoms with Crippen LogP contribution in [0, 0.1) is 0 Å². The second-order valence-corrected chi connectivity index (χ2v) is 7.31. The molecule has 154 valence electrons. The second-order valence-electron chi connectivity index (χ2n) is 7.31. The number of nitrogens with one attached hydrogen (secondary N) is 1. The zero-order chi connectivity index (χ0) is 21.0. The molecule has 2 amide bonds. The molecule has 0 saturated carbocycles. The molecule has 2 atom stereocenters. The summed E-state index contributed by atoms with van der Waals surface area (Å²) in [5.74, 6) is -1.88. The van der Waals surface area contributed by atoms with Crippen molar-refractivity contribution in [3.63, 3.8) is 0 Å². The van der Waals surface area contributed by atoms with Crippen LogP contribution >= 0.6 is 0 Å². The summed E-state index contributed by atoms with van der Waals surface area (Å²) in [6, 6.07) is -0.158. The Balaban J connectivity index is 1.44. The van der Waals surface area contributed by atoms with Gasteiger partial charge in [0.15, 0.2) is 23.3 Å². The number of pyridine rings is 1. The number of fused-ring (bicyclic) bond motifs is 3. The van der Waals surface area contributed by atoms with E-state index >= 15 is 0 Å². The van der Waals surface area contributed by atoms with Gasteiger partial charge in [-0.05, 0) is 6.92 Å². The molecular weight excluding hydrogens is 392 g/mol. The quantitative estimate of drug-likeness (QED) is 0.607. The maximum absolute atomic E-state index is 12.8. The molecule has 3 aromatic rings. The van der Waals surface area contributed by atoms with E-state index in [2.05, 4.69) is 15.3 Å². The summed E-state index contributed by atoms with van der Waals surface area (Å²) < 4.78 is 8.78. The molecule has 0 unspecified atom stereocenters. The number of aromatic hydroxyl groups is 1. The minimum Gasteiger partial charge on any atom is -0.503 e. The standard InChI is InChI=1S/C19H18N6O5/c1-10-9-30-14-8-23-7-12(16(26)17(27)15(23)19(29)25(10)14)18(28)22-5-11-4-21-13-6-20-2-3-24(11)13/h2-4,6-7,10,14,27H,5,8-9H2,1H3,(H,22,28)/t10-,14+/m0/s1.